The zero-order valence-corrected chi connectivity index (χ0v) is 14.9. The summed E-state index contributed by atoms with van der Waals surface area (Å²) in [5, 5.41) is 5.47. The fourth-order valence-electron chi connectivity index (χ4n) is 2.84. The predicted octanol–water partition coefficient (Wildman–Crippen LogP) is 2.07. The average molecular weight is 350 g/mol. The lowest BCUT2D eigenvalue weighted by molar-refractivity contribution is -0.131. The Morgan fingerprint density at radius 3 is 2.65 bits per heavy atom. The van der Waals surface area contributed by atoms with Gasteiger partial charge in [0.25, 0.3) is 5.91 Å². The molecule has 2 amide bonds. The van der Waals surface area contributed by atoms with Crippen LogP contribution in [0, 0.1) is 0 Å². The molecule has 3 rings (SSSR count). The third-order valence-corrected chi connectivity index (χ3v) is 4.51. The number of allylic oxidation sites excluding steroid dienone is 1. The van der Waals surface area contributed by atoms with Crippen molar-refractivity contribution in [2.75, 3.05) is 0 Å². The van der Waals surface area contributed by atoms with Crippen molar-refractivity contribution in [1.82, 2.24) is 20.6 Å². The number of aromatic amines is 1. The molecular formula is C20H22N4O2. The number of carbonyl (C=O) groups excluding carboxylic acids is 2. The largest absolute Gasteiger partial charge is 0.347 e. The van der Waals surface area contributed by atoms with Crippen LogP contribution in [0.1, 0.15) is 30.8 Å². The van der Waals surface area contributed by atoms with Crippen molar-refractivity contribution in [3.05, 3.63) is 72.0 Å². The van der Waals surface area contributed by atoms with Crippen molar-refractivity contribution in [2.45, 2.75) is 31.7 Å². The smallest absolute Gasteiger partial charge is 0.268 e. The topological polar surface area (TPSA) is 86.9 Å². The molecule has 1 aromatic heterocycles. The molecular weight excluding hydrogens is 328 g/mol. The fourth-order valence-corrected chi connectivity index (χ4v) is 2.84. The van der Waals surface area contributed by atoms with Crippen LogP contribution in [0.25, 0.3) is 6.08 Å². The first-order valence-electron chi connectivity index (χ1n) is 8.45. The number of benzene rings is 1. The highest BCUT2D eigenvalue weighted by Crippen LogP contribution is 2.26. The van der Waals surface area contributed by atoms with E-state index in [1.807, 2.05) is 44.2 Å². The predicted molar refractivity (Wildman–Crippen MR) is 100 cm³/mol. The molecule has 1 saturated heterocycles. The lowest BCUT2D eigenvalue weighted by Crippen LogP contribution is -2.55. The van der Waals surface area contributed by atoms with Crippen molar-refractivity contribution in [3.8, 4) is 0 Å². The fraction of sp³-hybridized carbons (Fsp3) is 0.250. The summed E-state index contributed by atoms with van der Waals surface area (Å²) in [5.74, 6) is -0.560. The molecule has 3 N–H and O–H groups in total. The van der Waals surface area contributed by atoms with Crippen LogP contribution in [0.3, 0.4) is 0 Å². The monoisotopic (exact) mass is 350 g/mol. The van der Waals surface area contributed by atoms with Crippen molar-refractivity contribution >= 4 is 17.9 Å². The SMILES string of the molecule is C=CC(C)(C)c1[nH]cnc1/C=C1\NC(=O)[C@H](Cc2ccccc2)NC1=O. The van der Waals surface area contributed by atoms with E-state index in [4.69, 9.17) is 0 Å². The van der Waals surface area contributed by atoms with Gasteiger partial charge in [-0.1, -0.05) is 50.3 Å². The number of nitrogens with one attached hydrogen (secondary N) is 3. The number of rotatable bonds is 5. The normalized spacial score (nSPS) is 19.2. The van der Waals surface area contributed by atoms with Crippen LogP contribution in [-0.2, 0) is 21.4 Å². The lowest BCUT2D eigenvalue weighted by Gasteiger charge is -2.25. The van der Waals surface area contributed by atoms with E-state index in [2.05, 4.69) is 27.2 Å². The van der Waals surface area contributed by atoms with Gasteiger partial charge in [0.15, 0.2) is 0 Å². The number of carbonyl (C=O) groups is 2. The van der Waals surface area contributed by atoms with Crippen molar-refractivity contribution in [1.29, 1.82) is 0 Å². The molecule has 1 aliphatic rings. The number of imidazole rings is 1. The zero-order valence-electron chi connectivity index (χ0n) is 14.9. The number of piperazine rings is 1. The summed E-state index contributed by atoms with van der Waals surface area (Å²) in [6.45, 7) is 7.82. The van der Waals surface area contributed by atoms with E-state index < -0.39 is 6.04 Å². The molecule has 0 aliphatic carbocycles. The Labute approximate surface area is 152 Å². The van der Waals surface area contributed by atoms with Gasteiger partial charge in [0.2, 0.25) is 5.91 Å². The molecule has 2 aromatic rings. The van der Waals surface area contributed by atoms with Gasteiger partial charge in [-0.05, 0) is 11.6 Å². The summed E-state index contributed by atoms with van der Waals surface area (Å²) in [7, 11) is 0. The van der Waals surface area contributed by atoms with Crippen LogP contribution in [0.5, 0.6) is 0 Å². The highest BCUT2D eigenvalue weighted by Gasteiger charge is 2.30. The lowest BCUT2D eigenvalue weighted by atomic mass is 9.88. The van der Waals surface area contributed by atoms with E-state index >= 15 is 0 Å². The average Bonchev–Trinajstić information content (AvgIpc) is 3.09. The Kier molecular flexibility index (Phi) is 4.75. The summed E-state index contributed by atoms with van der Waals surface area (Å²) < 4.78 is 0. The van der Waals surface area contributed by atoms with Crippen LogP contribution in [0.2, 0.25) is 0 Å². The molecule has 0 unspecified atom stereocenters. The first-order chi connectivity index (χ1) is 12.4. The van der Waals surface area contributed by atoms with Gasteiger partial charge in [0.1, 0.15) is 11.7 Å². The standard InChI is InChI=1S/C20H22N4O2/c1-4-20(2,3)17-14(21-12-22-17)11-16-19(26)23-15(18(25)24-16)10-13-8-6-5-7-9-13/h4-9,11-12,15H,1,10H2,2-3H3,(H,21,22)(H,23,26)(H,24,25)/b16-11-/t15-/m0/s1. The maximum atomic E-state index is 12.4. The van der Waals surface area contributed by atoms with Crippen LogP contribution >= 0.6 is 0 Å². The van der Waals surface area contributed by atoms with Crippen molar-refractivity contribution in [3.63, 3.8) is 0 Å². The minimum Gasteiger partial charge on any atom is -0.347 e. The third-order valence-electron chi connectivity index (χ3n) is 4.51. The molecule has 0 spiro atoms. The van der Waals surface area contributed by atoms with E-state index in [1.54, 1.807) is 18.5 Å². The minimum absolute atomic E-state index is 0.188. The summed E-state index contributed by atoms with van der Waals surface area (Å²) in [6, 6.07) is 8.99. The van der Waals surface area contributed by atoms with Crippen LogP contribution in [0.15, 0.2) is 55.0 Å². The van der Waals surface area contributed by atoms with Crippen molar-refractivity contribution < 1.29 is 9.59 Å². The maximum Gasteiger partial charge on any atom is 0.268 e. The molecule has 134 valence electrons. The summed E-state index contributed by atoms with van der Waals surface area (Å²) in [6.07, 6.45) is 5.40. The van der Waals surface area contributed by atoms with Gasteiger partial charge in [0, 0.05) is 11.8 Å². The molecule has 26 heavy (non-hydrogen) atoms. The first kappa shape index (κ1) is 17.7. The number of hydrogen-bond donors (Lipinski definition) is 3. The van der Waals surface area contributed by atoms with E-state index in [0.29, 0.717) is 12.1 Å². The number of hydrogen-bond acceptors (Lipinski definition) is 3. The van der Waals surface area contributed by atoms with E-state index in [-0.39, 0.29) is 22.9 Å². The molecule has 1 aromatic carbocycles. The molecule has 1 fully saturated rings. The summed E-state index contributed by atoms with van der Waals surface area (Å²) >= 11 is 0. The molecule has 1 aliphatic heterocycles. The first-order valence-corrected chi connectivity index (χ1v) is 8.45. The molecule has 6 nitrogen and oxygen atoms in total. The Morgan fingerprint density at radius 2 is 1.96 bits per heavy atom. The van der Waals surface area contributed by atoms with Gasteiger partial charge in [-0.25, -0.2) is 4.98 Å². The van der Waals surface area contributed by atoms with Crippen LogP contribution in [0.4, 0.5) is 0 Å². The molecule has 0 radical (unpaired) electrons. The van der Waals surface area contributed by atoms with Gasteiger partial charge in [-0.2, -0.15) is 0 Å². The van der Waals surface area contributed by atoms with Gasteiger partial charge >= 0.3 is 0 Å². The van der Waals surface area contributed by atoms with Gasteiger partial charge < -0.3 is 15.6 Å². The highest BCUT2D eigenvalue weighted by molar-refractivity contribution is 6.07. The van der Waals surface area contributed by atoms with Gasteiger partial charge in [-0.15, -0.1) is 6.58 Å². The third kappa shape index (κ3) is 3.59. The van der Waals surface area contributed by atoms with Gasteiger partial charge in [-0.3, -0.25) is 9.59 Å². The molecule has 1 atom stereocenters. The minimum atomic E-state index is -0.592. The van der Waals surface area contributed by atoms with E-state index in [0.717, 1.165) is 11.3 Å². The Morgan fingerprint density at radius 1 is 1.23 bits per heavy atom. The second-order valence-electron chi connectivity index (χ2n) is 6.85. The Hall–Kier alpha value is -3.15. The van der Waals surface area contributed by atoms with E-state index in [1.165, 1.54) is 0 Å². The second kappa shape index (κ2) is 7.00. The number of aromatic nitrogens is 2. The number of nitrogens with zero attached hydrogens (tertiary/aromatic N) is 1. The highest BCUT2D eigenvalue weighted by atomic mass is 16.2. The van der Waals surface area contributed by atoms with Crippen LogP contribution in [-0.4, -0.2) is 27.8 Å². The number of amides is 2. The van der Waals surface area contributed by atoms with Crippen LogP contribution < -0.4 is 10.6 Å². The second-order valence-corrected chi connectivity index (χ2v) is 6.85. The number of H-pyrrole nitrogens is 1. The Bertz CT molecular complexity index is 865. The molecule has 2 heterocycles. The molecule has 0 bridgehead atoms. The quantitative estimate of drug-likeness (QED) is 0.570. The zero-order chi connectivity index (χ0) is 18.7. The maximum absolute atomic E-state index is 12.4. The van der Waals surface area contributed by atoms with E-state index in [9.17, 15) is 9.59 Å². The Balaban J connectivity index is 1.79. The molecule has 0 saturated carbocycles. The summed E-state index contributed by atoms with van der Waals surface area (Å²) in [4.78, 5) is 32.2. The van der Waals surface area contributed by atoms with Gasteiger partial charge in [0.05, 0.1) is 17.7 Å². The summed E-state index contributed by atoms with van der Waals surface area (Å²) in [5.41, 5.74) is 2.26. The van der Waals surface area contributed by atoms with Crippen molar-refractivity contribution in [2.24, 2.45) is 0 Å². The molecule has 6 heteroatoms.